The molecule has 0 spiro atoms. The van der Waals surface area contributed by atoms with Gasteiger partial charge in [-0.25, -0.2) is 12.8 Å². The Balaban J connectivity index is 2.22. The molecule has 2 rings (SSSR count). The molecule has 1 unspecified atom stereocenters. The van der Waals surface area contributed by atoms with Gasteiger partial charge in [0.05, 0.1) is 11.9 Å². The van der Waals surface area contributed by atoms with E-state index in [0.717, 1.165) is 12.1 Å². The van der Waals surface area contributed by atoms with Crippen LogP contribution in [-0.4, -0.2) is 25.4 Å². The molecule has 1 atom stereocenters. The Bertz CT molecular complexity index is 810. The summed E-state index contributed by atoms with van der Waals surface area (Å²) in [4.78, 5) is 15.8. The molecule has 1 aromatic carbocycles. The highest BCUT2D eigenvalue weighted by Gasteiger charge is 2.29. The van der Waals surface area contributed by atoms with Crippen molar-refractivity contribution in [3.8, 4) is 0 Å². The molecule has 0 bridgehead atoms. The van der Waals surface area contributed by atoms with Crippen LogP contribution in [0.25, 0.3) is 0 Å². The Labute approximate surface area is 140 Å². The van der Waals surface area contributed by atoms with Crippen molar-refractivity contribution in [1.29, 1.82) is 0 Å². The number of carbonyl (C=O) groups is 1. The lowest BCUT2D eigenvalue weighted by Crippen LogP contribution is -2.47. The van der Waals surface area contributed by atoms with E-state index in [2.05, 4.69) is 15.0 Å². The van der Waals surface area contributed by atoms with E-state index >= 15 is 0 Å². The van der Waals surface area contributed by atoms with Gasteiger partial charge in [-0.15, -0.1) is 0 Å². The highest BCUT2D eigenvalue weighted by Crippen LogP contribution is 2.16. The lowest BCUT2D eigenvalue weighted by molar-refractivity contribution is -0.118. The van der Waals surface area contributed by atoms with Crippen LogP contribution >= 0.6 is 0 Å². The van der Waals surface area contributed by atoms with Crippen molar-refractivity contribution in [3.05, 3.63) is 54.6 Å². The van der Waals surface area contributed by atoms with E-state index in [4.69, 9.17) is 0 Å². The average molecular weight is 351 g/mol. The molecule has 1 aromatic heterocycles. The minimum atomic E-state index is -4.17. The fraction of sp³-hybridized carbons (Fsp3) is 0.250. The van der Waals surface area contributed by atoms with Crippen LogP contribution in [-0.2, 0) is 14.8 Å². The van der Waals surface area contributed by atoms with Crippen LogP contribution in [0.15, 0.2) is 53.7 Å². The average Bonchev–Trinajstić information content (AvgIpc) is 2.53. The van der Waals surface area contributed by atoms with E-state index < -0.39 is 32.7 Å². The first kappa shape index (κ1) is 18.0. The predicted octanol–water partition coefficient (Wildman–Crippen LogP) is 2.16. The quantitative estimate of drug-likeness (QED) is 0.835. The predicted molar refractivity (Wildman–Crippen MR) is 88.2 cm³/mol. The zero-order valence-electron chi connectivity index (χ0n) is 13.2. The van der Waals surface area contributed by atoms with E-state index in [0.29, 0.717) is 5.69 Å². The third kappa shape index (κ3) is 4.36. The second-order valence-electron chi connectivity index (χ2n) is 5.50. The summed E-state index contributed by atoms with van der Waals surface area (Å²) in [5.41, 5.74) is 0.443. The maximum Gasteiger partial charge on any atom is 0.244 e. The van der Waals surface area contributed by atoms with E-state index in [1.807, 2.05) is 0 Å². The number of rotatable bonds is 6. The molecule has 0 radical (unpaired) electrons. The highest BCUT2D eigenvalue weighted by atomic mass is 32.2. The number of halogens is 1. The van der Waals surface area contributed by atoms with E-state index in [1.54, 1.807) is 32.2 Å². The second kappa shape index (κ2) is 7.50. The maximum absolute atomic E-state index is 13.8. The summed E-state index contributed by atoms with van der Waals surface area (Å²) >= 11 is 0. The Kier molecular flexibility index (Phi) is 5.63. The summed E-state index contributed by atoms with van der Waals surface area (Å²) in [6.07, 6.45) is 3.00. The molecule has 24 heavy (non-hydrogen) atoms. The summed E-state index contributed by atoms with van der Waals surface area (Å²) in [5.74, 6) is -1.76. The third-order valence-corrected chi connectivity index (χ3v) is 4.76. The topological polar surface area (TPSA) is 88.2 Å². The first-order valence-corrected chi connectivity index (χ1v) is 8.77. The van der Waals surface area contributed by atoms with Crippen molar-refractivity contribution in [3.63, 3.8) is 0 Å². The molecule has 0 aliphatic rings. The molecule has 6 nitrogen and oxygen atoms in total. The van der Waals surface area contributed by atoms with Gasteiger partial charge in [-0.2, -0.15) is 4.72 Å². The van der Waals surface area contributed by atoms with E-state index in [1.165, 1.54) is 18.3 Å². The molecule has 0 aliphatic heterocycles. The fourth-order valence-corrected chi connectivity index (χ4v) is 3.47. The second-order valence-corrected chi connectivity index (χ2v) is 7.19. The van der Waals surface area contributed by atoms with E-state index in [-0.39, 0.29) is 5.92 Å². The zero-order valence-corrected chi connectivity index (χ0v) is 14.0. The number of sulfonamides is 1. The molecule has 0 aliphatic carbocycles. The summed E-state index contributed by atoms with van der Waals surface area (Å²) < 4.78 is 40.8. The molecule has 2 N–H and O–H groups in total. The minimum absolute atomic E-state index is 0.344. The number of amides is 1. The van der Waals surface area contributed by atoms with Crippen LogP contribution < -0.4 is 10.0 Å². The van der Waals surface area contributed by atoms with Gasteiger partial charge in [0.2, 0.25) is 15.9 Å². The minimum Gasteiger partial charge on any atom is -0.323 e. The van der Waals surface area contributed by atoms with Gasteiger partial charge < -0.3 is 5.32 Å². The molecule has 1 amide bonds. The zero-order chi connectivity index (χ0) is 17.7. The Morgan fingerprint density at radius 1 is 1.17 bits per heavy atom. The molecular formula is C16H18FN3O3S. The van der Waals surface area contributed by atoms with Gasteiger partial charge >= 0.3 is 0 Å². The number of pyridine rings is 1. The van der Waals surface area contributed by atoms with Crippen LogP contribution in [0.4, 0.5) is 10.1 Å². The van der Waals surface area contributed by atoms with Crippen molar-refractivity contribution < 1.29 is 17.6 Å². The maximum atomic E-state index is 13.8. The molecule has 2 aromatic rings. The first-order chi connectivity index (χ1) is 11.3. The SMILES string of the molecule is CC(C)C(NS(=O)(=O)c1ccccc1F)C(=O)Nc1cccnc1. The van der Waals surface area contributed by atoms with Crippen LogP contribution in [0, 0.1) is 11.7 Å². The summed E-state index contributed by atoms with van der Waals surface area (Å²) in [5, 5.41) is 2.59. The van der Waals surface area contributed by atoms with Crippen LogP contribution in [0.5, 0.6) is 0 Å². The van der Waals surface area contributed by atoms with Gasteiger partial charge in [-0.05, 0) is 30.2 Å². The summed E-state index contributed by atoms with van der Waals surface area (Å²) in [7, 11) is -4.17. The molecular weight excluding hydrogens is 333 g/mol. The standard InChI is InChI=1S/C16H18FN3O3S/c1-11(2)15(16(21)19-12-6-5-9-18-10-12)20-24(22,23)14-8-4-3-7-13(14)17/h3-11,15,20H,1-2H3,(H,19,21). The summed E-state index contributed by atoms with van der Waals surface area (Å²) in [6, 6.07) is 7.22. The van der Waals surface area contributed by atoms with Gasteiger partial charge in [0.1, 0.15) is 16.8 Å². The number of anilines is 1. The highest BCUT2D eigenvalue weighted by molar-refractivity contribution is 7.89. The van der Waals surface area contributed by atoms with Crippen LogP contribution in [0.2, 0.25) is 0 Å². The molecule has 128 valence electrons. The number of hydrogen-bond acceptors (Lipinski definition) is 4. The van der Waals surface area contributed by atoms with Crippen molar-refractivity contribution in [1.82, 2.24) is 9.71 Å². The monoisotopic (exact) mass is 351 g/mol. The van der Waals surface area contributed by atoms with Gasteiger partial charge in [0, 0.05) is 6.20 Å². The number of nitrogens with zero attached hydrogens (tertiary/aromatic N) is 1. The molecule has 0 saturated heterocycles. The van der Waals surface area contributed by atoms with Crippen molar-refractivity contribution in [2.24, 2.45) is 5.92 Å². The van der Waals surface area contributed by atoms with Crippen molar-refractivity contribution in [2.75, 3.05) is 5.32 Å². The van der Waals surface area contributed by atoms with Gasteiger partial charge in [0.25, 0.3) is 0 Å². The Morgan fingerprint density at radius 3 is 2.46 bits per heavy atom. The lowest BCUT2D eigenvalue weighted by Gasteiger charge is -2.21. The normalized spacial score (nSPS) is 12.8. The van der Waals surface area contributed by atoms with Crippen molar-refractivity contribution in [2.45, 2.75) is 24.8 Å². The van der Waals surface area contributed by atoms with E-state index in [9.17, 15) is 17.6 Å². The number of nitrogens with one attached hydrogen (secondary N) is 2. The molecule has 0 saturated carbocycles. The summed E-state index contributed by atoms with van der Waals surface area (Å²) in [6.45, 7) is 3.38. The van der Waals surface area contributed by atoms with Gasteiger partial charge in [-0.3, -0.25) is 9.78 Å². The largest absolute Gasteiger partial charge is 0.323 e. The van der Waals surface area contributed by atoms with Crippen LogP contribution in [0.3, 0.4) is 0 Å². The molecule has 1 heterocycles. The first-order valence-electron chi connectivity index (χ1n) is 7.29. The molecule has 8 heteroatoms. The Hall–Kier alpha value is -2.32. The smallest absolute Gasteiger partial charge is 0.244 e. The number of carbonyl (C=O) groups excluding carboxylic acids is 1. The molecule has 0 fully saturated rings. The van der Waals surface area contributed by atoms with Gasteiger partial charge in [-0.1, -0.05) is 26.0 Å². The van der Waals surface area contributed by atoms with Crippen molar-refractivity contribution >= 4 is 21.6 Å². The third-order valence-electron chi connectivity index (χ3n) is 3.29. The lowest BCUT2D eigenvalue weighted by atomic mass is 10.1. The number of aromatic nitrogens is 1. The Morgan fingerprint density at radius 2 is 1.88 bits per heavy atom. The van der Waals surface area contributed by atoms with Crippen LogP contribution in [0.1, 0.15) is 13.8 Å². The number of benzene rings is 1. The number of hydrogen-bond donors (Lipinski definition) is 2. The fourth-order valence-electron chi connectivity index (χ4n) is 2.04. The van der Waals surface area contributed by atoms with Gasteiger partial charge in [0.15, 0.2) is 0 Å².